The molecule has 0 bridgehead atoms. The van der Waals surface area contributed by atoms with E-state index in [9.17, 15) is 14.4 Å². The highest BCUT2D eigenvalue weighted by Crippen LogP contribution is 1.96. The van der Waals surface area contributed by atoms with Gasteiger partial charge in [-0.3, -0.25) is 19.4 Å². The van der Waals surface area contributed by atoms with Gasteiger partial charge < -0.3 is 15.7 Å². The second-order valence-electron chi connectivity index (χ2n) is 3.48. The fourth-order valence-electron chi connectivity index (χ4n) is 1.16. The molecule has 2 amide bonds. The molecule has 0 saturated heterocycles. The molecule has 0 radical (unpaired) electrons. The van der Waals surface area contributed by atoms with Gasteiger partial charge in [-0.2, -0.15) is 0 Å². The van der Waals surface area contributed by atoms with Crippen molar-refractivity contribution in [3.05, 3.63) is 30.1 Å². The molecule has 96 valence electrons. The summed E-state index contributed by atoms with van der Waals surface area (Å²) in [6.07, 6.45) is 3.29. The maximum atomic E-state index is 11.4. The topological polar surface area (TPSA) is 108 Å². The van der Waals surface area contributed by atoms with E-state index in [1.807, 2.05) is 0 Å². The molecular formula is C11H13N3O4. The summed E-state index contributed by atoms with van der Waals surface area (Å²) in [5, 5.41) is 12.9. The molecule has 0 aliphatic rings. The molecule has 0 atom stereocenters. The van der Waals surface area contributed by atoms with Crippen LogP contribution in [0.4, 0.5) is 0 Å². The smallest absolute Gasteiger partial charge is 0.322 e. The summed E-state index contributed by atoms with van der Waals surface area (Å²) in [5.74, 6) is -1.99. The molecule has 0 fully saturated rings. The zero-order valence-electron chi connectivity index (χ0n) is 9.55. The van der Waals surface area contributed by atoms with E-state index in [0.717, 1.165) is 5.56 Å². The highest BCUT2D eigenvalue weighted by atomic mass is 16.4. The minimum Gasteiger partial charge on any atom is -0.480 e. The summed E-state index contributed by atoms with van der Waals surface area (Å²) in [5.41, 5.74) is 0.786. The molecule has 3 N–H and O–H groups in total. The number of carboxylic acids is 1. The molecule has 0 spiro atoms. The highest BCUT2D eigenvalue weighted by Gasteiger charge is 2.07. The molecule has 1 heterocycles. The minimum absolute atomic E-state index is 0.148. The maximum Gasteiger partial charge on any atom is 0.322 e. The Kier molecular flexibility index (Phi) is 5.30. The molecular weight excluding hydrogens is 238 g/mol. The first-order chi connectivity index (χ1) is 8.58. The number of hydrogen-bond donors (Lipinski definition) is 3. The van der Waals surface area contributed by atoms with Crippen molar-refractivity contribution in [3.8, 4) is 0 Å². The van der Waals surface area contributed by atoms with Crippen molar-refractivity contribution in [2.45, 2.75) is 6.42 Å². The predicted octanol–water partition coefficient (Wildman–Crippen LogP) is -1.06. The minimum atomic E-state index is -1.13. The molecule has 1 aromatic rings. The van der Waals surface area contributed by atoms with E-state index in [2.05, 4.69) is 15.6 Å². The van der Waals surface area contributed by atoms with Crippen LogP contribution in [0.15, 0.2) is 24.5 Å². The molecule has 0 aliphatic carbocycles. The van der Waals surface area contributed by atoms with Gasteiger partial charge in [0.25, 0.3) is 0 Å². The Hall–Kier alpha value is -2.44. The summed E-state index contributed by atoms with van der Waals surface area (Å²) in [6.45, 7) is -0.698. The van der Waals surface area contributed by atoms with Crippen molar-refractivity contribution in [1.82, 2.24) is 15.6 Å². The molecule has 1 rings (SSSR count). The van der Waals surface area contributed by atoms with Gasteiger partial charge in [-0.1, -0.05) is 0 Å². The number of nitrogens with one attached hydrogen (secondary N) is 2. The Morgan fingerprint density at radius 2 is 1.67 bits per heavy atom. The lowest BCUT2D eigenvalue weighted by Gasteiger charge is -2.05. The second kappa shape index (κ2) is 7.00. The third-order valence-corrected chi connectivity index (χ3v) is 2.00. The number of amides is 2. The van der Waals surface area contributed by atoms with Crippen molar-refractivity contribution in [1.29, 1.82) is 0 Å². The molecule has 1 aromatic heterocycles. The van der Waals surface area contributed by atoms with Gasteiger partial charge in [0, 0.05) is 12.4 Å². The van der Waals surface area contributed by atoms with Crippen LogP contribution in [0.1, 0.15) is 5.56 Å². The van der Waals surface area contributed by atoms with Crippen LogP contribution >= 0.6 is 0 Å². The van der Waals surface area contributed by atoms with Crippen molar-refractivity contribution >= 4 is 17.8 Å². The van der Waals surface area contributed by atoms with Gasteiger partial charge in [-0.15, -0.1) is 0 Å². The molecule has 0 aliphatic heterocycles. The normalized spacial score (nSPS) is 9.56. The van der Waals surface area contributed by atoms with E-state index in [4.69, 9.17) is 5.11 Å². The number of aromatic nitrogens is 1. The monoisotopic (exact) mass is 251 g/mol. The van der Waals surface area contributed by atoms with E-state index in [1.165, 1.54) is 0 Å². The molecule has 7 heteroatoms. The van der Waals surface area contributed by atoms with Crippen LogP contribution in [0, 0.1) is 0 Å². The van der Waals surface area contributed by atoms with E-state index >= 15 is 0 Å². The number of aliphatic carboxylic acids is 1. The third kappa shape index (κ3) is 5.59. The number of pyridine rings is 1. The Balaban J connectivity index is 2.25. The Morgan fingerprint density at radius 1 is 1.06 bits per heavy atom. The SMILES string of the molecule is O=C(O)CNC(=O)CNC(=O)Cc1ccncc1. The molecule has 0 unspecified atom stereocenters. The van der Waals surface area contributed by atoms with Crippen molar-refractivity contribution in [3.63, 3.8) is 0 Å². The average Bonchev–Trinajstić information content (AvgIpc) is 2.35. The first kappa shape index (κ1) is 13.6. The van der Waals surface area contributed by atoms with Crippen molar-refractivity contribution in [2.75, 3.05) is 13.1 Å². The Labute approximate surface area is 103 Å². The number of carbonyl (C=O) groups is 3. The van der Waals surface area contributed by atoms with E-state index < -0.39 is 18.4 Å². The van der Waals surface area contributed by atoms with Crippen LogP contribution in [0.25, 0.3) is 0 Å². The fourth-order valence-corrected chi connectivity index (χ4v) is 1.16. The van der Waals surface area contributed by atoms with Crippen LogP contribution in [0.2, 0.25) is 0 Å². The van der Waals surface area contributed by atoms with Gasteiger partial charge in [0.1, 0.15) is 6.54 Å². The Morgan fingerprint density at radius 3 is 2.28 bits per heavy atom. The standard InChI is InChI=1S/C11H13N3O4/c15-9(5-8-1-3-12-4-2-8)13-6-10(16)14-7-11(17)18/h1-4H,5-7H2,(H,13,15)(H,14,16)(H,17,18). The second-order valence-corrected chi connectivity index (χ2v) is 3.48. The number of hydrogen-bond acceptors (Lipinski definition) is 4. The van der Waals surface area contributed by atoms with Gasteiger partial charge >= 0.3 is 5.97 Å². The largest absolute Gasteiger partial charge is 0.480 e. The van der Waals surface area contributed by atoms with Gasteiger partial charge in [0.05, 0.1) is 13.0 Å². The zero-order valence-corrected chi connectivity index (χ0v) is 9.55. The summed E-state index contributed by atoms with van der Waals surface area (Å²) < 4.78 is 0. The van der Waals surface area contributed by atoms with E-state index in [-0.39, 0.29) is 18.9 Å². The van der Waals surface area contributed by atoms with Gasteiger partial charge in [0.2, 0.25) is 11.8 Å². The van der Waals surface area contributed by atoms with Crippen LogP contribution in [-0.2, 0) is 20.8 Å². The Bertz CT molecular complexity index is 433. The lowest BCUT2D eigenvalue weighted by molar-refractivity contribution is -0.137. The van der Waals surface area contributed by atoms with Crippen LogP contribution in [-0.4, -0.2) is 41.0 Å². The summed E-state index contributed by atoms with van der Waals surface area (Å²) in [7, 11) is 0. The lowest BCUT2D eigenvalue weighted by Crippen LogP contribution is -2.39. The summed E-state index contributed by atoms with van der Waals surface area (Å²) in [4.78, 5) is 36.5. The first-order valence-corrected chi connectivity index (χ1v) is 5.22. The summed E-state index contributed by atoms with van der Waals surface area (Å²) >= 11 is 0. The van der Waals surface area contributed by atoms with E-state index in [1.54, 1.807) is 24.5 Å². The zero-order chi connectivity index (χ0) is 13.4. The van der Waals surface area contributed by atoms with Gasteiger partial charge in [-0.25, -0.2) is 0 Å². The number of carboxylic acid groups (broad SMARTS) is 1. The number of carbonyl (C=O) groups excluding carboxylic acids is 2. The molecule has 18 heavy (non-hydrogen) atoms. The van der Waals surface area contributed by atoms with Gasteiger partial charge in [-0.05, 0) is 17.7 Å². The quantitative estimate of drug-likeness (QED) is 0.597. The van der Waals surface area contributed by atoms with E-state index in [0.29, 0.717) is 0 Å². The average molecular weight is 251 g/mol. The van der Waals surface area contributed by atoms with Crippen LogP contribution in [0.5, 0.6) is 0 Å². The third-order valence-electron chi connectivity index (χ3n) is 2.00. The number of nitrogens with zero attached hydrogens (tertiary/aromatic N) is 1. The lowest BCUT2D eigenvalue weighted by atomic mass is 10.2. The predicted molar refractivity (Wildman–Crippen MR) is 61.6 cm³/mol. The fraction of sp³-hybridized carbons (Fsp3) is 0.273. The molecule has 0 saturated carbocycles. The van der Waals surface area contributed by atoms with Crippen LogP contribution < -0.4 is 10.6 Å². The summed E-state index contributed by atoms with van der Waals surface area (Å²) in [6, 6.07) is 3.40. The van der Waals surface area contributed by atoms with Crippen molar-refractivity contribution < 1.29 is 19.5 Å². The first-order valence-electron chi connectivity index (χ1n) is 5.22. The van der Waals surface area contributed by atoms with Crippen LogP contribution in [0.3, 0.4) is 0 Å². The number of rotatable bonds is 6. The highest BCUT2D eigenvalue weighted by molar-refractivity contribution is 5.87. The van der Waals surface area contributed by atoms with Gasteiger partial charge in [0.15, 0.2) is 0 Å². The maximum absolute atomic E-state index is 11.4. The van der Waals surface area contributed by atoms with Crippen molar-refractivity contribution in [2.24, 2.45) is 0 Å². The molecule has 7 nitrogen and oxygen atoms in total. The molecule has 0 aromatic carbocycles.